The molecule has 1 amide bonds. The Bertz CT molecular complexity index is 221. The van der Waals surface area contributed by atoms with Gasteiger partial charge in [0.05, 0.1) is 0 Å². The summed E-state index contributed by atoms with van der Waals surface area (Å²) in [5.41, 5.74) is 5.76. The summed E-state index contributed by atoms with van der Waals surface area (Å²) >= 11 is 0. The van der Waals surface area contributed by atoms with Crippen molar-refractivity contribution in [1.29, 1.82) is 0 Å². The quantitative estimate of drug-likeness (QED) is 0.719. The summed E-state index contributed by atoms with van der Waals surface area (Å²) in [6, 6.07) is 0.261. The van der Waals surface area contributed by atoms with Crippen molar-refractivity contribution < 1.29 is 9.53 Å². The molecule has 0 aliphatic carbocycles. The Morgan fingerprint density at radius 1 is 1.41 bits per heavy atom. The summed E-state index contributed by atoms with van der Waals surface area (Å²) in [5.74, 6) is 0.252. The first-order chi connectivity index (χ1) is 8.29. The predicted octanol–water partition coefficient (Wildman–Crippen LogP) is 1.53. The van der Waals surface area contributed by atoms with E-state index in [-0.39, 0.29) is 11.9 Å². The summed E-state index contributed by atoms with van der Waals surface area (Å²) in [6.45, 7) is 4.86. The van der Waals surface area contributed by atoms with E-state index in [0.29, 0.717) is 19.6 Å². The summed E-state index contributed by atoms with van der Waals surface area (Å²) < 4.78 is 5.25. The van der Waals surface area contributed by atoms with Gasteiger partial charge >= 0.3 is 0 Å². The zero-order valence-electron chi connectivity index (χ0n) is 11.0. The predicted molar refractivity (Wildman–Crippen MR) is 68.8 cm³/mol. The summed E-state index contributed by atoms with van der Waals surface area (Å²) in [6.07, 6.45) is 6.02. The van der Waals surface area contributed by atoms with E-state index in [9.17, 15) is 4.79 Å². The van der Waals surface area contributed by atoms with E-state index in [0.717, 1.165) is 32.4 Å². The third-order valence-corrected chi connectivity index (χ3v) is 3.35. The molecule has 1 atom stereocenters. The van der Waals surface area contributed by atoms with Gasteiger partial charge in [-0.3, -0.25) is 4.79 Å². The molecule has 1 unspecified atom stereocenters. The molecule has 0 saturated carbocycles. The lowest BCUT2D eigenvalue weighted by Crippen LogP contribution is -2.44. The molecule has 4 heteroatoms. The second-order valence-electron chi connectivity index (χ2n) is 4.63. The van der Waals surface area contributed by atoms with Gasteiger partial charge in [-0.25, -0.2) is 0 Å². The highest BCUT2D eigenvalue weighted by atomic mass is 16.5. The molecule has 1 heterocycles. The van der Waals surface area contributed by atoms with Crippen molar-refractivity contribution in [3.63, 3.8) is 0 Å². The monoisotopic (exact) mass is 242 g/mol. The number of amides is 1. The van der Waals surface area contributed by atoms with Crippen LogP contribution in [0.4, 0.5) is 0 Å². The minimum Gasteiger partial charge on any atom is -0.382 e. The molecule has 0 radical (unpaired) electrons. The average molecular weight is 242 g/mol. The molecule has 100 valence electrons. The molecule has 1 aliphatic rings. The van der Waals surface area contributed by atoms with Crippen LogP contribution in [0.2, 0.25) is 0 Å². The Morgan fingerprint density at radius 2 is 2.24 bits per heavy atom. The van der Waals surface area contributed by atoms with Gasteiger partial charge in [-0.05, 0) is 26.2 Å². The van der Waals surface area contributed by atoms with Gasteiger partial charge in [0.25, 0.3) is 0 Å². The van der Waals surface area contributed by atoms with Crippen LogP contribution in [0.25, 0.3) is 0 Å². The van der Waals surface area contributed by atoms with Gasteiger partial charge < -0.3 is 15.4 Å². The maximum Gasteiger partial charge on any atom is 0.222 e. The maximum absolute atomic E-state index is 12.1. The van der Waals surface area contributed by atoms with Crippen molar-refractivity contribution in [3.05, 3.63) is 0 Å². The third kappa shape index (κ3) is 5.04. The highest BCUT2D eigenvalue weighted by Crippen LogP contribution is 2.17. The lowest BCUT2D eigenvalue weighted by atomic mass is 10.1. The Kier molecular flexibility index (Phi) is 7.21. The number of hydrogen-bond donors (Lipinski definition) is 1. The van der Waals surface area contributed by atoms with Gasteiger partial charge in [-0.1, -0.05) is 12.8 Å². The fourth-order valence-electron chi connectivity index (χ4n) is 2.36. The lowest BCUT2D eigenvalue weighted by molar-refractivity contribution is -0.133. The van der Waals surface area contributed by atoms with Crippen LogP contribution in [0.5, 0.6) is 0 Å². The van der Waals surface area contributed by atoms with Crippen LogP contribution in [0.15, 0.2) is 0 Å². The van der Waals surface area contributed by atoms with Crippen molar-refractivity contribution in [2.24, 2.45) is 5.73 Å². The SMILES string of the molecule is CCOCCCC(=O)N1CCCCCC1CN. The van der Waals surface area contributed by atoms with E-state index in [1.165, 1.54) is 12.8 Å². The number of carbonyl (C=O) groups is 1. The van der Waals surface area contributed by atoms with Crippen LogP contribution in [-0.4, -0.2) is 43.2 Å². The smallest absolute Gasteiger partial charge is 0.222 e. The summed E-state index contributed by atoms with van der Waals surface area (Å²) in [7, 11) is 0. The molecule has 0 aromatic carbocycles. The zero-order valence-corrected chi connectivity index (χ0v) is 11.0. The molecule has 1 aliphatic heterocycles. The van der Waals surface area contributed by atoms with Gasteiger partial charge in [0.2, 0.25) is 5.91 Å². The number of carbonyl (C=O) groups excluding carboxylic acids is 1. The molecule has 0 spiro atoms. The molecule has 1 fully saturated rings. The van der Waals surface area contributed by atoms with Crippen molar-refractivity contribution in [1.82, 2.24) is 4.90 Å². The molecule has 4 nitrogen and oxygen atoms in total. The first-order valence-electron chi connectivity index (χ1n) is 6.86. The first kappa shape index (κ1) is 14.5. The lowest BCUT2D eigenvalue weighted by Gasteiger charge is -2.29. The fourth-order valence-corrected chi connectivity index (χ4v) is 2.36. The maximum atomic E-state index is 12.1. The van der Waals surface area contributed by atoms with Crippen LogP contribution < -0.4 is 5.73 Å². The molecule has 0 bridgehead atoms. The number of hydrogen-bond acceptors (Lipinski definition) is 3. The molecule has 0 aromatic rings. The molecule has 2 N–H and O–H groups in total. The van der Waals surface area contributed by atoms with Crippen LogP contribution in [-0.2, 0) is 9.53 Å². The fraction of sp³-hybridized carbons (Fsp3) is 0.923. The van der Waals surface area contributed by atoms with E-state index >= 15 is 0 Å². The van der Waals surface area contributed by atoms with Gasteiger partial charge in [0.15, 0.2) is 0 Å². The molecule has 1 saturated heterocycles. The highest BCUT2D eigenvalue weighted by molar-refractivity contribution is 5.76. The second-order valence-corrected chi connectivity index (χ2v) is 4.63. The molecule has 17 heavy (non-hydrogen) atoms. The van der Waals surface area contributed by atoms with E-state index in [4.69, 9.17) is 10.5 Å². The molecular weight excluding hydrogens is 216 g/mol. The molecular formula is C13H26N2O2. The van der Waals surface area contributed by atoms with Crippen molar-refractivity contribution in [2.45, 2.75) is 51.5 Å². The first-order valence-corrected chi connectivity index (χ1v) is 6.86. The second kappa shape index (κ2) is 8.48. The number of nitrogens with zero attached hydrogens (tertiary/aromatic N) is 1. The molecule has 1 rings (SSSR count). The standard InChI is InChI=1S/C13H26N2O2/c1-2-17-10-6-8-13(16)15-9-5-3-4-7-12(15)11-14/h12H,2-11,14H2,1H3. The van der Waals surface area contributed by atoms with Crippen LogP contribution >= 0.6 is 0 Å². The number of nitrogens with two attached hydrogens (primary N) is 1. The Labute approximate surface area is 104 Å². The van der Waals surface area contributed by atoms with E-state index in [1.54, 1.807) is 0 Å². The summed E-state index contributed by atoms with van der Waals surface area (Å²) in [4.78, 5) is 14.1. The van der Waals surface area contributed by atoms with Crippen molar-refractivity contribution in [3.8, 4) is 0 Å². The number of ether oxygens (including phenoxy) is 1. The normalized spacial score (nSPS) is 21.3. The number of likely N-dealkylation sites (tertiary alicyclic amines) is 1. The molecule has 0 aromatic heterocycles. The zero-order chi connectivity index (χ0) is 12.5. The van der Waals surface area contributed by atoms with Gasteiger partial charge in [-0.2, -0.15) is 0 Å². The Morgan fingerprint density at radius 3 is 2.94 bits per heavy atom. The van der Waals surface area contributed by atoms with Crippen molar-refractivity contribution in [2.75, 3.05) is 26.3 Å². The van der Waals surface area contributed by atoms with E-state index in [1.807, 2.05) is 11.8 Å². The van der Waals surface area contributed by atoms with Gasteiger partial charge in [-0.15, -0.1) is 0 Å². The third-order valence-electron chi connectivity index (χ3n) is 3.35. The summed E-state index contributed by atoms with van der Waals surface area (Å²) in [5, 5.41) is 0. The van der Waals surface area contributed by atoms with Crippen LogP contribution in [0.1, 0.15) is 45.4 Å². The average Bonchev–Trinajstić information content (AvgIpc) is 2.59. The topological polar surface area (TPSA) is 55.6 Å². The Hall–Kier alpha value is -0.610. The number of rotatable bonds is 6. The Balaban J connectivity index is 2.35. The minimum absolute atomic E-state index is 0.252. The van der Waals surface area contributed by atoms with Gasteiger partial charge in [0, 0.05) is 38.8 Å². The van der Waals surface area contributed by atoms with Crippen LogP contribution in [0.3, 0.4) is 0 Å². The minimum atomic E-state index is 0.252. The van der Waals surface area contributed by atoms with Gasteiger partial charge in [0.1, 0.15) is 0 Å². The van der Waals surface area contributed by atoms with E-state index < -0.39 is 0 Å². The van der Waals surface area contributed by atoms with E-state index in [2.05, 4.69) is 0 Å². The highest BCUT2D eigenvalue weighted by Gasteiger charge is 2.23. The largest absolute Gasteiger partial charge is 0.382 e. The van der Waals surface area contributed by atoms with Crippen molar-refractivity contribution >= 4 is 5.91 Å². The van der Waals surface area contributed by atoms with Crippen LogP contribution in [0, 0.1) is 0 Å².